The molecule has 0 aliphatic rings. The van der Waals surface area contributed by atoms with Gasteiger partial charge in [-0.25, -0.2) is 0 Å². The van der Waals surface area contributed by atoms with Crippen molar-refractivity contribution in [3.05, 3.63) is 70.3 Å². The predicted octanol–water partition coefficient (Wildman–Crippen LogP) is 2.80. The van der Waals surface area contributed by atoms with Crippen LogP contribution >= 0.6 is 0 Å². The molecule has 0 unspecified atom stereocenters. The van der Waals surface area contributed by atoms with Gasteiger partial charge in [-0.2, -0.15) is 0 Å². The van der Waals surface area contributed by atoms with Crippen LogP contribution in [0.2, 0.25) is 0 Å². The first-order valence-electron chi connectivity index (χ1n) is 6.49. The third kappa shape index (κ3) is 4.37. The Labute approximate surface area is 117 Å². The minimum Gasteiger partial charge on any atom is -0.384 e. The third-order valence-corrected chi connectivity index (χ3v) is 2.86. The minimum absolute atomic E-state index is 0.104. The molecule has 0 bridgehead atoms. The smallest absolute Gasteiger partial charge is 0.271 e. The monoisotopic (exact) mass is 271 g/mol. The van der Waals surface area contributed by atoms with E-state index >= 15 is 0 Å². The van der Waals surface area contributed by atoms with Crippen LogP contribution in [0.5, 0.6) is 0 Å². The number of rotatable bonds is 7. The van der Waals surface area contributed by atoms with Gasteiger partial charge in [0.25, 0.3) is 5.69 Å². The molecule has 0 saturated heterocycles. The topological polar surface area (TPSA) is 67.2 Å². The largest absolute Gasteiger partial charge is 0.384 e. The zero-order chi connectivity index (χ0) is 14.2. The lowest BCUT2D eigenvalue weighted by atomic mass is 10.2. The predicted molar refractivity (Wildman–Crippen MR) is 79.7 cm³/mol. The quantitative estimate of drug-likeness (QED) is 0.461. The van der Waals surface area contributed by atoms with Gasteiger partial charge in [0.2, 0.25) is 0 Å². The van der Waals surface area contributed by atoms with Gasteiger partial charge in [-0.1, -0.05) is 36.4 Å². The van der Waals surface area contributed by atoms with Gasteiger partial charge < -0.3 is 10.6 Å². The van der Waals surface area contributed by atoms with Crippen molar-refractivity contribution in [3.63, 3.8) is 0 Å². The number of nitrogens with one attached hydrogen (secondary N) is 2. The molecule has 2 aromatic rings. The third-order valence-electron chi connectivity index (χ3n) is 2.86. The molecule has 0 spiro atoms. The van der Waals surface area contributed by atoms with Crippen molar-refractivity contribution in [2.75, 3.05) is 18.4 Å². The van der Waals surface area contributed by atoms with E-state index in [1.807, 2.05) is 24.3 Å². The maximum Gasteiger partial charge on any atom is 0.271 e. The number of nitro benzene ring substituents is 1. The fraction of sp³-hybridized carbons (Fsp3) is 0.200. The summed E-state index contributed by atoms with van der Waals surface area (Å²) in [5.74, 6) is 0. The number of non-ortho nitro benzene ring substituents is 1. The molecule has 0 atom stereocenters. The minimum atomic E-state index is -0.390. The molecule has 2 aromatic carbocycles. The molecule has 0 amide bonds. The molecule has 0 heterocycles. The van der Waals surface area contributed by atoms with Crippen LogP contribution in [0.4, 0.5) is 11.4 Å². The average Bonchev–Trinajstić information content (AvgIpc) is 2.48. The SMILES string of the molecule is O=[N+]([O-])c1cccc(NCCNCc2ccccc2)c1. The van der Waals surface area contributed by atoms with E-state index in [0.29, 0.717) is 6.54 Å². The summed E-state index contributed by atoms with van der Waals surface area (Å²) in [7, 11) is 0. The summed E-state index contributed by atoms with van der Waals surface area (Å²) in [6.45, 7) is 2.32. The standard InChI is InChI=1S/C15H17N3O2/c19-18(20)15-8-4-7-14(11-15)17-10-9-16-12-13-5-2-1-3-6-13/h1-8,11,16-17H,9-10,12H2. The van der Waals surface area contributed by atoms with Gasteiger partial charge >= 0.3 is 0 Å². The lowest BCUT2D eigenvalue weighted by Crippen LogP contribution is -2.21. The van der Waals surface area contributed by atoms with E-state index in [0.717, 1.165) is 18.8 Å². The highest BCUT2D eigenvalue weighted by atomic mass is 16.6. The van der Waals surface area contributed by atoms with Crippen molar-refractivity contribution in [3.8, 4) is 0 Å². The molecule has 0 aliphatic heterocycles. The number of benzene rings is 2. The molecule has 5 heteroatoms. The highest BCUT2D eigenvalue weighted by Gasteiger charge is 2.04. The first-order valence-corrected chi connectivity index (χ1v) is 6.49. The highest BCUT2D eigenvalue weighted by Crippen LogP contribution is 2.16. The van der Waals surface area contributed by atoms with E-state index in [2.05, 4.69) is 22.8 Å². The van der Waals surface area contributed by atoms with E-state index in [-0.39, 0.29) is 5.69 Å². The Morgan fingerprint density at radius 2 is 1.80 bits per heavy atom. The number of nitro groups is 1. The Morgan fingerprint density at radius 1 is 1.00 bits per heavy atom. The van der Waals surface area contributed by atoms with E-state index in [1.54, 1.807) is 6.07 Å². The second-order valence-corrected chi connectivity index (χ2v) is 4.40. The Morgan fingerprint density at radius 3 is 2.55 bits per heavy atom. The first kappa shape index (κ1) is 14.0. The zero-order valence-corrected chi connectivity index (χ0v) is 11.1. The summed E-state index contributed by atoms with van der Waals surface area (Å²) in [5, 5.41) is 17.1. The van der Waals surface area contributed by atoms with Crippen molar-refractivity contribution in [1.29, 1.82) is 0 Å². The fourth-order valence-corrected chi connectivity index (χ4v) is 1.85. The lowest BCUT2D eigenvalue weighted by Gasteiger charge is -2.07. The van der Waals surface area contributed by atoms with Crippen LogP contribution in [0.3, 0.4) is 0 Å². The molecule has 5 nitrogen and oxygen atoms in total. The van der Waals surface area contributed by atoms with Crippen LogP contribution in [0, 0.1) is 10.1 Å². The van der Waals surface area contributed by atoms with Crippen molar-refractivity contribution < 1.29 is 4.92 Å². The van der Waals surface area contributed by atoms with Crippen molar-refractivity contribution in [1.82, 2.24) is 5.32 Å². The molecule has 104 valence electrons. The summed E-state index contributed by atoms with van der Waals surface area (Å²) < 4.78 is 0. The average molecular weight is 271 g/mol. The lowest BCUT2D eigenvalue weighted by molar-refractivity contribution is -0.384. The van der Waals surface area contributed by atoms with Gasteiger partial charge in [-0.05, 0) is 11.6 Å². The Hall–Kier alpha value is -2.40. The number of nitrogens with zero attached hydrogens (tertiary/aromatic N) is 1. The van der Waals surface area contributed by atoms with Gasteiger partial charge in [0, 0.05) is 37.5 Å². The Kier molecular flexibility index (Phi) is 5.08. The van der Waals surface area contributed by atoms with Crippen LogP contribution < -0.4 is 10.6 Å². The number of hydrogen-bond donors (Lipinski definition) is 2. The molecule has 0 saturated carbocycles. The van der Waals surface area contributed by atoms with Gasteiger partial charge in [0.05, 0.1) is 4.92 Å². The second kappa shape index (κ2) is 7.25. The van der Waals surface area contributed by atoms with Gasteiger partial charge in [-0.15, -0.1) is 0 Å². The van der Waals surface area contributed by atoms with Crippen molar-refractivity contribution in [2.24, 2.45) is 0 Å². The summed E-state index contributed by atoms with van der Waals surface area (Å²) in [6, 6.07) is 16.7. The van der Waals surface area contributed by atoms with Crippen LogP contribution in [-0.2, 0) is 6.54 Å². The Bertz CT molecular complexity index is 558. The molecule has 2 rings (SSSR count). The van der Waals surface area contributed by atoms with Crippen LogP contribution in [0.15, 0.2) is 54.6 Å². The summed E-state index contributed by atoms with van der Waals surface area (Å²) in [4.78, 5) is 10.3. The molecule has 20 heavy (non-hydrogen) atoms. The fourth-order valence-electron chi connectivity index (χ4n) is 1.85. The van der Waals surface area contributed by atoms with Crippen LogP contribution in [-0.4, -0.2) is 18.0 Å². The van der Waals surface area contributed by atoms with Gasteiger partial charge in [0.1, 0.15) is 0 Å². The van der Waals surface area contributed by atoms with E-state index in [9.17, 15) is 10.1 Å². The first-order chi connectivity index (χ1) is 9.75. The molecular weight excluding hydrogens is 254 g/mol. The van der Waals surface area contributed by atoms with Crippen LogP contribution in [0.25, 0.3) is 0 Å². The highest BCUT2D eigenvalue weighted by molar-refractivity contribution is 5.50. The molecule has 0 aromatic heterocycles. The normalized spacial score (nSPS) is 10.2. The number of anilines is 1. The zero-order valence-electron chi connectivity index (χ0n) is 11.1. The summed E-state index contributed by atoms with van der Waals surface area (Å²) in [6.07, 6.45) is 0. The maximum atomic E-state index is 10.7. The van der Waals surface area contributed by atoms with Gasteiger partial charge in [0.15, 0.2) is 0 Å². The number of hydrogen-bond acceptors (Lipinski definition) is 4. The molecule has 0 aliphatic carbocycles. The van der Waals surface area contributed by atoms with Crippen molar-refractivity contribution >= 4 is 11.4 Å². The van der Waals surface area contributed by atoms with Crippen molar-refractivity contribution in [2.45, 2.75) is 6.54 Å². The summed E-state index contributed by atoms with van der Waals surface area (Å²) in [5.41, 5.74) is 2.11. The molecular formula is C15H17N3O2. The summed E-state index contributed by atoms with van der Waals surface area (Å²) >= 11 is 0. The van der Waals surface area contributed by atoms with E-state index < -0.39 is 4.92 Å². The van der Waals surface area contributed by atoms with E-state index in [4.69, 9.17) is 0 Å². The van der Waals surface area contributed by atoms with Crippen LogP contribution in [0.1, 0.15) is 5.56 Å². The molecule has 0 fully saturated rings. The van der Waals surface area contributed by atoms with Gasteiger partial charge in [-0.3, -0.25) is 10.1 Å². The molecule has 2 N–H and O–H groups in total. The van der Waals surface area contributed by atoms with E-state index in [1.165, 1.54) is 17.7 Å². The maximum absolute atomic E-state index is 10.7. The molecule has 0 radical (unpaired) electrons. The second-order valence-electron chi connectivity index (χ2n) is 4.40. The Balaban J connectivity index is 1.71.